The lowest BCUT2D eigenvalue weighted by Gasteiger charge is -2.11. The van der Waals surface area contributed by atoms with Gasteiger partial charge in [0.2, 0.25) is 0 Å². The summed E-state index contributed by atoms with van der Waals surface area (Å²) >= 11 is 1.40. The van der Waals surface area contributed by atoms with E-state index in [2.05, 4.69) is 20.2 Å². The van der Waals surface area contributed by atoms with Crippen LogP contribution in [0.15, 0.2) is 101 Å². The molecule has 0 radical (unpaired) electrons. The highest BCUT2D eigenvalue weighted by molar-refractivity contribution is 7.93. The molecule has 2 aromatic heterocycles. The zero-order valence-electron chi connectivity index (χ0n) is 19.6. The van der Waals surface area contributed by atoms with Gasteiger partial charge in [0.25, 0.3) is 15.9 Å². The quantitative estimate of drug-likeness (QED) is 0.220. The number of sulfonamides is 1. The normalized spacial score (nSPS) is 11.6. The molecular weight excluding hydrogens is 523 g/mol. The van der Waals surface area contributed by atoms with E-state index in [1.54, 1.807) is 77.5 Å². The van der Waals surface area contributed by atoms with Crippen LogP contribution in [0.5, 0.6) is 0 Å². The number of H-pyrrole nitrogens is 1. The molecule has 0 saturated carbocycles. The van der Waals surface area contributed by atoms with E-state index >= 15 is 4.39 Å². The third-order valence-electron chi connectivity index (χ3n) is 6.18. The van der Waals surface area contributed by atoms with E-state index in [-0.39, 0.29) is 22.1 Å². The van der Waals surface area contributed by atoms with Crippen molar-refractivity contribution < 1.29 is 17.6 Å². The number of anilines is 2. The molecule has 188 valence electrons. The number of fused-ring (bicyclic) bond motifs is 2. The number of amides is 1. The maximum Gasteiger partial charge on any atom is 0.262 e. The number of aromatic nitrogens is 2. The van der Waals surface area contributed by atoms with Crippen LogP contribution in [0.4, 0.5) is 15.9 Å². The summed E-state index contributed by atoms with van der Waals surface area (Å²) in [5.74, 6) is -0.624. The number of aromatic amines is 1. The summed E-state index contributed by atoms with van der Waals surface area (Å²) in [6.45, 7) is 0. The van der Waals surface area contributed by atoms with Crippen molar-refractivity contribution in [1.82, 2.24) is 10.2 Å². The Labute approximate surface area is 221 Å². The zero-order valence-corrected chi connectivity index (χ0v) is 21.2. The van der Waals surface area contributed by atoms with E-state index in [0.717, 1.165) is 5.39 Å². The average molecular weight is 543 g/mol. The van der Waals surface area contributed by atoms with Crippen LogP contribution in [0.3, 0.4) is 0 Å². The summed E-state index contributed by atoms with van der Waals surface area (Å²) < 4.78 is 44.3. The van der Waals surface area contributed by atoms with Gasteiger partial charge in [-0.25, -0.2) is 12.8 Å². The van der Waals surface area contributed by atoms with E-state index in [1.165, 1.54) is 11.3 Å². The van der Waals surface area contributed by atoms with Crippen molar-refractivity contribution in [1.29, 1.82) is 0 Å². The minimum Gasteiger partial charge on any atom is -0.305 e. The van der Waals surface area contributed by atoms with Crippen molar-refractivity contribution in [2.45, 2.75) is 4.90 Å². The number of carbonyl (C=O) groups is 1. The lowest BCUT2D eigenvalue weighted by Crippen LogP contribution is -2.13. The number of nitrogens with zero attached hydrogens (tertiary/aromatic N) is 1. The van der Waals surface area contributed by atoms with Crippen LogP contribution >= 0.6 is 11.3 Å². The first kappa shape index (κ1) is 23.8. The Kier molecular flexibility index (Phi) is 5.90. The first-order valence-electron chi connectivity index (χ1n) is 11.5. The van der Waals surface area contributed by atoms with Gasteiger partial charge < -0.3 is 5.32 Å². The van der Waals surface area contributed by atoms with E-state index in [9.17, 15) is 13.2 Å². The second-order valence-electron chi connectivity index (χ2n) is 8.55. The standard InChI is InChI=1S/C28H19FN4O3S2/c29-25-22(12-13-23-26(25)31-32-27(23)30-28(34)19-14-15-37-16-19)18-8-10-20(11-9-18)33-38(35,36)24-7-3-5-17-4-1-2-6-21(17)24/h1-16,33H,(H2,30,31,32,34). The van der Waals surface area contributed by atoms with Gasteiger partial charge in [0.15, 0.2) is 11.6 Å². The topological polar surface area (TPSA) is 104 Å². The molecule has 0 saturated heterocycles. The van der Waals surface area contributed by atoms with Gasteiger partial charge in [-0.15, -0.1) is 0 Å². The fourth-order valence-corrected chi connectivity index (χ4v) is 6.23. The first-order chi connectivity index (χ1) is 18.4. The molecule has 3 N–H and O–H groups in total. The first-order valence-corrected chi connectivity index (χ1v) is 13.9. The Morgan fingerprint density at radius 2 is 1.68 bits per heavy atom. The van der Waals surface area contributed by atoms with Crippen LogP contribution in [0, 0.1) is 5.82 Å². The molecule has 4 aromatic carbocycles. The van der Waals surface area contributed by atoms with Crippen LogP contribution < -0.4 is 10.0 Å². The fraction of sp³-hybridized carbons (Fsp3) is 0. The van der Waals surface area contributed by atoms with Gasteiger partial charge in [-0.1, -0.05) is 54.6 Å². The van der Waals surface area contributed by atoms with Crippen LogP contribution in [0.1, 0.15) is 10.4 Å². The summed E-state index contributed by atoms with van der Waals surface area (Å²) in [5.41, 5.74) is 1.86. The molecule has 0 bridgehead atoms. The minimum absolute atomic E-state index is 0.156. The van der Waals surface area contributed by atoms with E-state index in [1.807, 2.05) is 18.2 Å². The van der Waals surface area contributed by atoms with Gasteiger partial charge >= 0.3 is 0 Å². The Balaban J connectivity index is 1.26. The number of benzene rings is 4. The van der Waals surface area contributed by atoms with Crippen LogP contribution in [0.2, 0.25) is 0 Å². The van der Waals surface area contributed by atoms with E-state index in [4.69, 9.17) is 0 Å². The Bertz CT molecular complexity index is 1910. The Morgan fingerprint density at radius 1 is 0.895 bits per heavy atom. The van der Waals surface area contributed by atoms with E-state index in [0.29, 0.717) is 33.2 Å². The molecule has 38 heavy (non-hydrogen) atoms. The van der Waals surface area contributed by atoms with Crippen molar-refractivity contribution in [2.75, 3.05) is 10.0 Å². The minimum atomic E-state index is -3.85. The number of rotatable bonds is 6. The molecule has 0 atom stereocenters. The molecule has 0 aliphatic rings. The van der Waals surface area contributed by atoms with E-state index < -0.39 is 15.8 Å². The van der Waals surface area contributed by atoms with Crippen molar-refractivity contribution in [3.63, 3.8) is 0 Å². The summed E-state index contributed by atoms with van der Waals surface area (Å²) in [5, 5.41) is 14.8. The van der Waals surface area contributed by atoms with Crippen molar-refractivity contribution in [3.8, 4) is 11.1 Å². The van der Waals surface area contributed by atoms with Crippen molar-refractivity contribution in [3.05, 3.63) is 107 Å². The molecule has 0 aliphatic heterocycles. The number of thiophene rings is 1. The maximum atomic E-state index is 15.4. The summed E-state index contributed by atoms with van der Waals surface area (Å²) in [7, 11) is -3.85. The van der Waals surface area contributed by atoms with Crippen molar-refractivity contribution >= 4 is 60.4 Å². The van der Waals surface area contributed by atoms with Gasteiger partial charge in [0.05, 0.1) is 10.5 Å². The molecular formula is C28H19FN4O3S2. The highest BCUT2D eigenvalue weighted by Crippen LogP contribution is 2.32. The number of halogens is 1. The molecule has 7 nitrogen and oxygen atoms in total. The maximum absolute atomic E-state index is 15.4. The Morgan fingerprint density at radius 3 is 2.47 bits per heavy atom. The highest BCUT2D eigenvalue weighted by Gasteiger charge is 2.19. The number of nitrogens with one attached hydrogen (secondary N) is 3. The van der Waals surface area contributed by atoms with Crippen molar-refractivity contribution in [2.24, 2.45) is 0 Å². The summed E-state index contributed by atoms with van der Waals surface area (Å²) in [6.07, 6.45) is 0. The van der Waals surface area contributed by atoms with Gasteiger partial charge in [0.1, 0.15) is 5.52 Å². The molecule has 0 aliphatic carbocycles. The fourth-order valence-electron chi connectivity index (χ4n) is 4.30. The zero-order chi connectivity index (χ0) is 26.3. The lowest BCUT2D eigenvalue weighted by atomic mass is 10.0. The average Bonchev–Trinajstić information content (AvgIpc) is 3.60. The molecule has 0 unspecified atom stereocenters. The monoisotopic (exact) mass is 542 g/mol. The number of hydrogen-bond donors (Lipinski definition) is 3. The van der Waals surface area contributed by atoms with Crippen LogP contribution in [-0.2, 0) is 10.0 Å². The predicted molar refractivity (Wildman–Crippen MR) is 149 cm³/mol. The molecule has 10 heteroatoms. The molecule has 6 aromatic rings. The molecule has 1 amide bonds. The molecule has 2 heterocycles. The van der Waals surface area contributed by atoms with Gasteiger partial charge in [-0.3, -0.25) is 14.6 Å². The summed E-state index contributed by atoms with van der Waals surface area (Å²) in [4.78, 5) is 12.6. The number of carbonyl (C=O) groups excluding carboxylic acids is 1. The third kappa shape index (κ3) is 4.29. The third-order valence-corrected chi connectivity index (χ3v) is 8.30. The molecule has 0 spiro atoms. The molecule has 6 rings (SSSR count). The van der Waals surface area contributed by atoms with Crippen LogP contribution in [-0.4, -0.2) is 24.5 Å². The van der Waals surface area contributed by atoms with Gasteiger partial charge in [-0.2, -0.15) is 16.4 Å². The second-order valence-corrected chi connectivity index (χ2v) is 11.0. The summed E-state index contributed by atoms with van der Waals surface area (Å²) in [6, 6.07) is 23.8. The SMILES string of the molecule is O=C(Nc1n[nH]c2c(F)c(-c3ccc(NS(=O)(=O)c4cccc5ccccc45)cc3)ccc12)c1ccsc1. The highest BCUT2D eigenvalue weighted by atomic mass is 32.2. The predicted octanol–water partition coefficient (Wildman–Crippen LogP) is 6.64. The largest absolute Gasteiger partial charge is 0.305 e. The second kappa shape index (κ2) is 9.40. The van der Waals surface area contributed by atoms with Gasteiger partial charge in [-0.05, 0) is 46.7 Å². The number of hydrogen-bond acceptors (Lipinski definition) is 5. The van der Waals surface area contributed by atoms with Crippen LogP contribution in [0.25, 0.3) is 32.8 Å². The Hall–Kier alpha value is -4.54. The van der Waals surface area contributed by atoms with Gasteiger partial charge in [0, 0.05) is 27.4 Å². The lowest BCUT2D eigenvalue weighted by molar-refractivity contribution is 0.102. The smallest absolute Gasteiger partial charge is 0.262 e. The molecule has 0 fully saturated rings.